The third-order valence-electron chi connectivity index (χ3n) is 4.21. The van der Waals surface area contributed by atoms with E-state index in [0.717, 1.165) is 18.4 Å². The van der Waals surface area contributed by atoms with Crippen LogP contribution in [0.5, 0.6) is 0 Å². The van der Waals surface area contributed by atoms with E-state index in [1.165, 1.54) is 64.8 Å². The van der Waals surface area contributed by atoms with E-state index in [4.69, 9.17) is 5.73 Å². The number of nitrogens with two attached hydrogens (primary N) is 1. The lowest BCUT2D eigenvalue weighted by molar-refractivity contribution is 0.282. The van der Waals surface area contributed by atoms with Gasteiger partial charge in [-0.05, 0) is 57.2 Å². The fraction of sp³-hybridized carbons (Fsp3) is 1.00. The first-order valence-corrected chi connectivity index (χ1v) is 7.01. The molecule has 1 unspecified atom stereocenters. The summed E-state index contributed by atoms with van der Waals surface area (Å²) in [6.07, 6.45) is 6.94. The van der Waals surface area contributed by atoms with Gasteiger partial charge in [0.25, 0.3) is 0 Å². The zero-order valence-electron chi connectivity index (χ0n) is 10.5. The van der Waals surface area contributed by atoms with Crippen molar-refractivity contribution < 1.29 is 0 Å². The minimum atomic E-state index is 0.860. The minimum absolute atomic E-state index is 0.860. The fourth-order valence-electron chi connectivity index (χ4n) is 2.83. The SMILES string of the molecule is NCCC1CCN(CCNCC2CCC2)C1. The van der Waals surface area contributed by atoms with Crippen LogP contribution in [-0.4, -0.2) is 44.2 Å². The van der Waals surface area contributed by atoms with Gasteiger partial charge in [0.05, 0.1) is 0 Å². The zero-order chi connectivity index (χ0) is 11.2. The Labute approximate surface area is 99.8 Å². The molecule has 0 spiro atoms. The van der Waals surface area contributed by atoms with Crippen LogP contribution >= 0.6 is 0 Å². The Morgan fingerprint density at radius 3 is 2.75 bits per heavy atom. The topological polar surface area (TPSA) is 41.3 Å². The van der Waals surface area contributed by atoms with Crippen LogP contribution in [0.2, 0.25) is 0 Å². The van der Waals surface area contributed by atoms with Gasteiger partial charge in [0, 0.05) is 19.6 Å². The van der Waals surface area contributed by atoms with Gasteiger partial charge < -0.3 is 16.0 Å². The molecule has 0 amide bonds. The summed E-state index contributed by atoms with van der Waals surface area (Å²) < 4.78 is 0. The summed E-state index contributed by atoms with van der Waals surface area (Å²) in [4.78, 5) is 2.59. The monoisotopic (exact) mass is 225 g/mol. The van der Waals surface area contributed by atoms with Gasteiger partial charge in [-0.3, -0.25) is 0 Å². The average molecular weight is 225 g/mol. The van der Waals surface area contributed by atoms with Crippen LogP contribution in [0.15, 0.2) is 0 Å². The molecule has 16 heavy (non-hydrogen) atoms. The van der Waals surface area contributed by atoms with E-state index in [9.17, 15) is 0 Å². The molecule has 0 radical (unpaired) electrons. The van der Waals surface area contributed by atoms with E-state index < -0.39 is 0 Å². The van der Waals surface area contributed by atoms with E-state index >= 15 is 0 Å². The van der Waals surface area contributed by atoms with Crippen molar-refractivity contribution in [2.24, 2.45) is 17.6 Å². The Morgan fingerprint density at radius 1 is 1.19 bits per heavy atom. The summed E-state index contributed by atoms with van der Waals surface area (Å²) in [6.45, 7) is 7.08. The molecule has 1 heterocycles. The Balaban J connectivity index is 1.47. The molecule has 3 N–H and O–H groups in total. The van der Waals surface area contributed by atoms with Crippen LogP contribution in [0.3, 0.4) is 0 Å². The van der Waals surface area contributed by atoms with E-state index in [1.807, 2.05) is 0 Å². The predicted molar refractivity (Wildman–Crippen MR) is 68.4 cm³/mol. The van der Waals surface area contributed by atoms with Crippen LogP contribution in [0.25, 0.3) is 0 Å². The Bertz CT molecular complexity index is 192. The van der Waals surface area contributed by atoms with Gasteiger partial charge in [0.2, 0.25) is 0 Å². The first-order chi connectivity index (χ1) is 7.88. The normalized spacial score (nSPS) is 27.2. The highest BCUT2D eigenvalue weighted by Crippen LogP contribution is 2.25. The van der Waals surface area contributed by atoms with Gasteiger partial charge in [0.1, 0.15) is 0 Å². The van der Waals surface area contributed by atoms with E-state index in [2.05, 4.69) is 10.2 Å². The molecule has 0 bridgehead atoms. The maximum atomic E-state index is 5.60. The molecular weight excluding hydrogens is 198 g/mol. The molecule has 1 atom stereocenters. The quantitative estimate of drug-likeness (QED) is 0.636. The highest BCUT2D eigenvalue weighted by Gasteiger charge is 2.21. The van der Waals surface area contributed by atoms with Crippen molar-refractivity contribution in [3.8, 4) is 0 Å². The van der Waals surface area contributed by atoms with Crippen molar-refractivity contribution >= 4 is 0 Å². The summed E-state index contributed by atoms with van der Waals surface area (Å²) in [7, 11) is 0. The average Bonchev–Trinajstić information content (AvgIpc) is 2.63. The van der Waals surface area contributed by atoms with Crippen molar-refractivity contribution in [1.82, 2.24) is 10.2 Å². The second-order valence-electron chi connectivity index (χ2n) is 5.53. The standard InChI is InChI=1S/C13H27N3/c14-6-4-13-5-8-16(11-13)9-7-15-10-12-2-1-3-12/h12-13,15H,1-11,14H2. The smallest absolute Gasteiger partial charge is 0.0107 e. The van der Waals surface area contributed by atoms with Crippen LogP contribution < -0.4 is 11.1 Å². The number of likely N-dealkylation sites (tertiary alicyclic amines) is 1. The summed E-state index contributed by atoms with van der Waals surface area (Å²) >= 11 is 0. The molecule has 2 aliphatic rings. The van der Waals surface area contributed by atoms with Gasteiger partial charge in [-0.15, -0.1) is 0 Å². The van der Waals surface area contributed by atoms with Gasteiger partial charge in [-0.2, -0.15) is 0 Å². The lowest BCUT2D eigenvalue weighted by Gasteiger charge is -2.26. The molecule has 2 fully saturated rings. The second kappa shape index (κ2) is 6.58. The molecule has 3 nitrogen and oxygen atoms in total. The first-order valence-electron chi connectivity index (χ1n) is 7.01. The molecular formula is C13H27N3. The van der Waals surface area contributed by atoms with Crippen LogP contribution in [0, 0.1) is 11.8 Å². The number of rotatable bonds is 7. The van der Waals surface area contributed by atoms with Gasteiger partial charge >= 0.3 is 0 Å². The molecule has 94 valence electrons. The second-order valence-corrected chi connectivity index (χ2v) is 5.53. The third-order valence-corrected chi connectivity index (χ3v) is 4.21. The third kappa shape index (κ3) is 3.72. The predicted octanol–water partition coefficient (Wildman–Crippen LogP) is 1.05. The van der Waals surface area contributed by atoms with Crippen molar-refractivity contribution in [3.63, 3.8) is 0 Å². The molecule has 1 aliphatic carbocycles. The highest BCUT2D eigenvalue weighted by atomic mass is 15.2. The molecule has 2 rings (SSSR count). The molecule has 0 aromatic rings. The van der Waals surface area contributed by atoms with Crippen molar-refractivity contribution in [1.29, 1.82) is 0 Å². The van der Waals surface area contributed by atoms with Crippen molar-refractivity contribution in [2.45, 2.75) is 32.1 Å². The van der Waals surface area contributed by atoms with Gasteiger partial charge in [0.15, 0.2) is 0 Å². The largest absolute Gasteiger partial charge is 0.330 e. The molecule has 0 aromatic heterocycles. The van der Waals surface area contributed by atoms with Crippen LogP contribution in [0.1, 0.15) is 32.1 Å². The van der Waals surface area contributed by atoms with E-state index in [-0.39, 0.29) is 0 Å². The van der Waals surface area contributed by atoms with Gasteiger partial charge in [-0.1, -0.05) is 6.42 Å². The molecule has 1 aliphatic heterocycles. The van der Waals surface area contributed by atoms with E-state index in [0.29, 0.717) is 0 Å². The van der Waals surface area contributed by atoms with Crippen LogP contribution in [-0.2, 0) is 0 Å². The number of hydrogen-bond donors (Lipinski definition) is 2. The summed E-state index contributed by atoms with van der Waals surface area (Å²) in [5.74, 6) is 1.86. The number of hydrogen-bond acceptors (Lipinski definition) is 3. The molecule has 1 saturated heterocycles. The maximum absolute atomic E-state index is 5.60. The molecule has 0 aromatic carbocycles. The fourth-order valence-corrected chi connectivity index (χ4v) is 2.83. The van der Waals surface area contributed by atoms with Crippen molar-refractivity contribution in [3.05, 3.63) is 0 Å². The summed E-state index contributed by atoms with van der Waals surface area (Å²) in [5, 5.41) is 3.59. The first kappa shape index (κ1) is 12.3. The minimum Gasteiger partial charge on any atom is -0.330 e. The Kier molecular flexibility index (Phi) is 5.07. The molecule has 3 heteroatoms. The van der Waals surface area contributed by atoms with Gasteiger partial charge in [-0.25, -0.2) is 0 Å². The highest BCUT2D eigenvalue weighted by molar-refractivity contribution is 4.77. The lowest BCUT2D eigenvalue weighted by Crippen LogP contribution is -2.34. The van der Waals surface area contributed by atoms with E-state index in [1.54, 1.807) is 0 Å². The lowest BCUT2D eigenvalue weighted by atomic mass is 9.85. The maximum Gasteiger partial charge on any atom is 0.0107 e. The molecule has 1 saturated carbocycles. The summed E-state index contributed by atoms with van der Waals surface area (Å²) in [6, 6.07) is 0. The number of nitrogens with zero attached hydrogens (tertiary/aromatic N) is 1. The van der Waals surface area contributed by atoms with Crippen LogP contribution in [0.4, 0.5) is 0 Å². The summed E-state index contributed by atoms with van der Waals surface area (Å²) in [5.41, 5.74) is 5.60. The Morgan fingerprint density at radius 2 is 2.06 bits per heavy atom. The number of nitrogens with one attached hydrogen (secondary N) is 1. The Hall–Kier alpha value is -0.120. The zero-order valence-corrected chi connectivity index (χ0v) is 10.5. The van der Waals surface area contributed by atoms with Crippen molar-refractivity contribution in [2.75, 3.05) is 39.3 Å².